The van der Waals surface area contributed by atoms with Crippen molar-refractivity contribution in [1.82, 2.24) is 0 Å². The van der Waals surface area contributed by atoms with Crippen molar-refractivity contribution in [3.8, 4) is 0 Å². The molecule has 0 aromatic rings. The lowest BCUT2D eigenvalue weighted by atomic mass is 9.90. The molecule has 5 heteroatoms. The molecule has 2 nitrogen and oxygen atoms in total. The van der Waals surface area contributed by atoms with Gasteiger partial charge in [-0.2, -0.15) is 0 Å². The van der Waals surface area contributed by atoms with E-state index in [9.17, 15) is 0 Å². The summed E-state index contributed by atoms with van der Waals surface area (Å²) in [6.45, 7) is 18.3. The van der Waals surface area contributed by atoms with E-state index in [2.05, 4.69) is 53.9 Å². The Morgan fingerprint density at radius 3 is 1.69 bits per heavy atom. The largest absolute Gasteiger partial charge is 0.454 e. The summed E-state index contributed by atoms with van der Waals surface area (Å²) in [5.41, 5.74) is -0.340. The molecule has 93 valence electrons. The van der Waals surface area contributed by atoms with Crippen LogP contribution in [0.25, 0.3) is 0 Å². The van der Waals surface area contributed by atoms with E-state index in [1.807, 2.05) is 0 Å². The van der Waals surface area contributed by atoms with Gasteiger partial charge < -0.3 is 9.31 Å². The summed E-state index contributed by atoms with van der Waals surface area (Å²) in [7, 11) is -1.29. The summed E-state index contributed by atoms with van der Waals surface area (Å²) in [5, 5.41) is 0. The Morgan fingerprint density at radius 2 is 1.38 bits per heavy atom. The third-order valence-electron chi connectivity index (χ3n) is 4.33. The molecule has 0 aromatic heterocycles. The van der Waals surface area contributed by atoms with Gasteiger partial charge in [0.1, 0.15) is 0 Å². The Balaban J connectivity index is 2.68. The van der Waals surface area contributed by atoms with Gasteiger partial charge in [-0.15, -0.1) is 0 Å². The second-order valence-electron chi connectivity index (χ2n) is 6.77. The third-order valence-corrected chi connectivity index (χ3v) is 17.1. The Labute approximate surface area is 104 Å². The molecule has 1 heterocycles. The fraction of sp³-hybridized carbons (Fsp3) is 1.00. The van der Waals surface area contributed by atoms with Gasteiger partial charge in [0.05, 0.1) is 11.2 Å². The van der Waals surface area contributed by atoms with E-state index < -0.39 is 7.59 Å². The van der Waals surface area contributed by atoms with Crippen molar-refractivity contribution in [1.29, 1.82) is 0 Å². The lowest BCUT2D eigenvalue weighted by Crippen LogP contribution is -2.46. The van der Waals surface area contributed by atoms with Crippen LogP contribution >= 0.6 is 0 Å². The monoisotopic (exact) mass is 257 g/mol. The fourth-order valence-electron chi connectivity index (χ4n) is 1.67. The quantitative estimate of drug-likeness (QED) is 0.723. The predicted octanol–water partition coefficient (Wildman–Crippen LogP) is 3.16. The van der Waals surface area contributed by atoms with Crippen LogP contribution in [0, 0.1) is 0 Å². The second kappa shape index (κ2) is 4.26. The zero-order chi connectivity index (χ0) is 12.8. The molecule has 0 spiro atoms. The van der Waals surface area contributed by atoms with E-state index in [4.69, 9.17) is 9.31 Å². The third kappa shape index (κ3) is 2.81. The number of hydrogen-bond donors (Lipinski definition) is 0. The first-order chi connectivity index (χ1) is 6.98. The van der Waals surface area contributed by atoms with E-state index in [-0.39, 0.29) is 26.6 Å². The van der Waals surface area contributed by atoms with Crippen LogP contribution < -0.4 is 0 Å². The van der Waals surface area contributed by atoms with Crippen molar-refractivity contribution in [2.75, 3.05) is 0 Å². The first-order valence-electron chi connectivity index (χ1n) is 6.14. The van der Waals surface area contributed by atoms with Crippen LogP contribution in [-0.2, 0) is 9.31 Å². The number of hydrogen-bond acceptors (Lipinski definition) is 2. The predicted molar refractivity (Wildman–Crippen MR) is 75.9 cm³/mol. The Bertz CT molecular complexity index is 249. The van der Waals surface area contributed by atoms with Crippen molar-refractivity contribution in [3.05, 3.63) is 0 Å². The Kier molecular flexibility index (Phi) is 3.86. The minimum atomic E-state index is -1.12. The molecule has 0 bridgehead atoms. The average Bonchev–Trinajstić information content (AvgIpc) is 2.17. The highest BCUT2D eigenvalue weighted by Gasteiger charge is 2.52. The van der Waals surface area contributed by atoms with E-state index >= 15 is 0 Å². The van der Waals surface area contributed by atoms with Gasteiger partial charge in [0.15, 0.2) is 0 Å². The summed E-state index contributed by atoms with van der Waals surface area (Å²) in [5.74, 6) is 1.14. The summed E-state index contributed by atoms with van der Waals surface area (Å²) in [6, 6.07) is 0. The maximum atomic E-state index is 6.08. The van der Waals surface area contributed by atoms with Gasteiger partial charge >= 0.3 is 7.12 Å². The molecule has 1 aliphatic rings. The first-order valence-corrected chi connectivity index (χ1v) is 12.8. The van der Waals surface area contributed by atoms with Gasteiger partial charge in [0.25, 0.3) is 0 Å². The normalized spacial score (nSPS) is 24.2. The maximum absolute atomic E-state index is 6.08. The number of rotatable bonds is 3. The smallest absolute Gasteiger partial charge is 0.403 e. The molecule has 0 aromatic carbocycles. The van der Waals surface area contributed by atoms with Crippen LogP contribution in [0.3, 0.4) is 0 Å². The summed E-state index contributed by atoms with van der Waals surface area (Å²) < 4.78 is 12.2. The first kappa shape index (κ1) is 14.5. The molecule has 0 amide bonds. The molecular weight excluding hydrogens is 231 g/mol. The van der Waals surface area contributed by atoms with E-state index in [0.717, 1.165) is 5.94 Å². The lowest BCUT2D eigenvalue weighted by Gasteiger charge is -2.32. The van der Waals surface area contributed by atoms with Crippen molar-refractivity contribution >= 4 is 23.0 Å². The molecule has 1 fully saturated rings. The van der Waals surface area contributed by atoms with Crippen LogP contribution in [-0.4, -0.2) is 34.2 Å². The van der Waals surface area contributed by atoms with Crippen molar-refractivity contribution in [2.45, 2.75) is 71.0 Å². The van der Waals surface area contributed by atoms with E-state index in [0.29, 0.717) is 0 Å². The van der Waals surface area contributed by atoms with Crippen LogP contribution in [0.2, 0.25) is 32.1 Å². The highest BCUT2D eigenvalue weighted by atomic mass is 29.2. The minimum absolute atomic E-state index is 0.0200. The van der Waals surface area contributed by atoms with Crippen LogP contribution in [0.15, 0.2) is 0 Å². The van der Waals surface area contributed by atoms with Crippen LogP contribution in [0.5, 0.6) is 0 Å². The van der Waals surface area contributed by atoms with E-state index in [1.54, 1.807) is 0 Å². The Morgan fingerprint density at radius 1 is 1.00 bits per heavy atom. The van der Waals surface area contributed by atoms with Gasteiger partial charge in [-0.25, -0.2) is 0 Å². The van der Waals surface area contributed by atoms with Gasteiger partial charge in [0, 0.05) is 15.9 Å². The van der Waals surface area contributed by atoms with Crippen LogP contribution in [0.4, 0.5) is 0 Å². The summed E-state index contributed by atoms with van der Waals surface area (Å²) in [6.07, 6.45) is 0. The SMILES string of the molecule is C[Si](C)[Si](C)(C)CB1OC(C)(C)C(C)(C)O1. The summed E-state index contributed by atoms with van der Waals surface area (Å²) >= 11 is 0. The van der Waals surface area contributed by atoms with Crippen molar-refractivity contribution in [3.63, 3.8) is 0 Å². The fourth-order valence-corrected chi connectivity index (χ4v) is 4.80. The molecule has 1 aliphatic heterocycles. The highest BCUT2D eigenvalue weighted by Crippen LogP contribution is 2.38. The molecule has 1 saturated heterocycles. The molecule has 0 atom stereocenters. The molecule has 0 unspecified atom stereocenters. The zero-order valence-electron chi connectivity index (χ0n) is 12.1. The average molecular weight is 257 g/mol. The molecule has 1 rings (SSSR count). The maximum Gasteiger partial charge on any atom is 0.454 e. The minimum Gasteiger partial charge on any atom is -0.403 e. The molecule has 16 heavy (non-hydrogen) atoms. The second-order valence-corrected chi connectivity index (χ2v) is 20.0. The van der Waals surface area contributed by atoms with Crippen molar-refractivity contribution in [2.24, 2.45) is 0 Å². The van der Waals surface area contributed by atoms with E-state index in [1.165, 1.54) is 0 Å². The molecule has 0 saturated carbocycles. The van der Waals surface area contributed by atoms with Gasteiger partial charge in [0.2, 0.25) is 0 Å². The molecule has 1 radical (unpaired) electrons. The van der Waals surface area contributed by atoms with Gasteiger partial charge in [-0.1, -0.05) is 26.2 Å². The molecule has 0 aliphatic carbocycles. The standard InChI is InChI=1S/C11H26BO2Si2/c1-10(2)11(3,4)14-12(13-10)9-16(7,8)15(5)6/h9H2,1-8H3. The van der Waals surface area contributed by atoms with Crippen molar-refractivity contribution < 1.29 is 9.31 Å². The molecular formula is C11H26BO2Si2. The highest BCUT2D eigenvalue weighted by molar-refractivity contribution is 7.33. The molecule has 0 N–H and O–H groups in total. The topological polar surface area (TPSA) is 18.5 Å². The van der Waals surface area contributed by atoms with Crippen LogP contribution in [0.1, 0.15) is 27.7 Å². The Hall–Kier alpha value is 0.419. The lowest BCUT2D eigenvalue weighted by molar-refractivity contribution is 0.00578. The summed E-state index contributed by atoms with van der Waals surface area (Å²) in [4.78, 5) is 0. The zero-order valence-corrected chi connectivity index (χ0v) is 14.1. The van der Waals surface area contributed by atoms with Gasteiger partial charge in [-0.05, 0) is 33.6 Å². The van der Waals surface area contributed by atoms with Gasteiger partial charge in [-0.3, -0.25) is 0 Å².